The van der Waals surface area contributed by atoms with Crippen LogP contribution in [0.25, 0.3) is 0 Å². The largest absolute Gasteiger partial charge is 0.493 e. The highest BCUT2D eigenvalue weighted by Crippen LogP contribution is 2.36. The third-order valence-corrected chi connectivity index (χ3v) is 4.58. The second-order valence-corrected chi connectivity index (χ2v) is 6.38. The Bertz CT molecular complexity index is 808. The van der Waals surface area contributed by atoms with Gasteiger partial charge < -0.3 is 14.2 Å². The number of carbonyl (C=O) groups excluding carboxylic acids is 1. The summed E-state index contributed by atoms with van der Waals surface area (Å²) in [5.41, 5.74) is 4.21. The molecule has 1 aromatic carbocycles. The summed E-state index contributed by atoms with van der Waals surface area (Å²) < 4.78 is 15.5. The second-order valence-electron chi connectivity index (χ2n) is 4.98. The van der Waals surface area contributed by atoms with Crippen LogP contribution in [0.4, 0.5) is 5.13 Å². The smallest absolute Gasteiger partial charge is 0.350 e. The Labute approximate surface area is 160 Å². The zero-order valence-electron chi connectivity index (χ0n) is 15.0. The van der Waals surface area contributed by atoms with Crippen molar-refractivity contribution in [1.29, 1.82) is 0 Å². The number of nitrogens with zero attached hydrogens (tertiary/aromatic N) is 2. The van der Waals surface area contributed by atoms with Crippen LogP contribution in [0.2, 0.25) is 5.02 Å². The number of rotatable bonds is 8. The van der Waals surface area contributed by atoms with Crippen LogP contribution < -0.4 is 14.9 Å². The number of carbonyl (C=O) groups is 1. The number of halogens is 1. The molecule has 7 nitrogen and oxygen atoms in total. The summed E-state index contributed by atoms with van der Waals surface area (Å²) in [6.07, 6.45) is 2.20. The molecule has 0 unspecified atom stereocenters. The molecule has 0 atom stereocenters. The fourth-order valence-electron chi connectivity index (χ4n) is 2.15. The molecule has 0 aliphatic carbocycles. The van der Waals surface area contributed by atoms with Crippen molar-refractivity contribution in [2.75, 3.05) is 26.3 Å². The molecular weight excluding hydrogens is 378 g/mol. The van der Waals surface area contributed by atoms with E-state index in [0.717, 1.165) is 5.56 Å². The minimum atomic E-state index is -0.403. The van der Waals surface area contributed by atoms with Crippen LogP contribution in [-0.4, -0.2) is 38.0 Å². The zero-order valence-corrected chi connectivity index (χ0v) is 16.5. The summed E-state index contributed by atoms with van der Waals surface area (Å²) in [4.78, 5) is 16.5. The van der Waals surface area contributed by atoms with Crippen molar-refractivity contribution in [3.63, 3.8) is 0 Å². The molecule has 140 valence electrons. The van der Waals surface area contributed by atoms with E-state index in [1.165, 1.54) is 18.4 Å². The Morgan fingerprint density at radius 3 is 2.77 bits per heavy atom. The predicted molar refractivity (Wildman–Crippen MR) is 103 cm³/mol. The summed E-state index contributed by atoms with van der Waals surface area (Å²) in [5, 5.41) is 5.08. The van der Waals surface area contributed by atoms with Crippen molar-refractivity contribution in [3.8, 4) is 11.5 Å². The molecule has 2 rings (SSSR count). The molecule has 2 aromatic rings. The second kappa shape index (κ2) is 9.40. The minimum absolute atomic E-state index is 0.403. The van der Waals surface area contributed by atoms with E-state index in [9.17, 15) is 4.79 Å². The number of hydrogen-bond acceptors (Lipinski definition) is 8. The molecule has 0 saturated carbocycles. The summed E-state index contributed by atoms with van der Waals surface area (Å²) in [5.74, 6) is 0.618. The van der Waals surface area contributed by atoms with Gasteiger partial charge in [0.15, 0.2) is 11.5 Å². The van der Waals surface area contributed by atoms with Crippen LogP contribution >= 0.6 is 22.9 Å². The van der Waals surface area contributed by atoms with Crippen LogP contribution in [-0.2, 0) is 11.2 Å². The Kier molecular flexibility index (Phi) is 7.23. The Morgan fingerprint density at radius 2 is 2.15 bits per heavy atom. The fourth-order valence-corrected chi connectivity index (χ4v) is 3.35. The molecule has 0 fully saturated rings. The van der Waals surface area contributed by atoms with Gasteiger partial charge in [0.05, 0.1) is 37.8 Å². The molecule has 9 heteroatoms. The highest BCUT2D eigenvalue weighted by Gasteiger charge is 2.17. The van der Waals surface area contributed by atoms with E-state index in [0.29, 0.717) is 45.3 Å². The highest BCUT2D eigenvalue weighted by molar-refractivity contribution is 7.17. The average Bonchev–Trinajstić information content (AvgIpc) is 3.06. The fraction of sp³-hybridized carbons (Fsp3) is 0.353. The van der Waals surface area contributed by atoms with Gasteiger partial charge in [0, 0.05) is 0 Å². The number of ether oxygens (including phenoxy) is 3. The zero-order chi connectivity index (χ0) is 19.1. The number of aryl methyl sites for hydroxylation is 1. The first-order valence-corrected chi connectivity index (χ1v) is 9.10. The molecule has 1 heterocycles. The van der Waals surface area contributed by atoms with E-state index >= 15 is 0 Å². The Hall–Kier alpha value is -2.32. The third kappa shape index (κ3) is 4.64. The normalized spacial score (nSPS) is 10.8. The van der Waals surface area contributed by atoms with Gasteiger partial charge in [-0.2, -0.15) is 5.10 Å². The van der Waals surface area contributed by atoms with Gasteiger partial charge in [-0.05, 0) is 31.0 Å². The van der Waals surface area contributed by atoms with Gasteiger partial charge in [0.25, 0.3) is 0 Å². The lowest BCUT2D eigenvalue weighted by Crippen LogP contribution is -2.01. The van der Waals surface area contributed by atoms with Gasteiger partial charge in [-0.15, -0.1) is 0 Å². The number of benzene rings is 1. The number of anilines is 1. The first kappa shape index (κ1) is 20.0. The highest BCUT2D eigenvalue weighted by atomic mass is 35.5. The van der Waals surface area contributed by atoms with Gasteiger partial charge >= 0.3 is 5.97 Å². The lowest BCUT2D eigenvalue weighted by atomic mass is 10.2. The molecule has 0 amide bonds. The average molecular weight is 398 g/mol. The van der Waals surface area contributed by atoms with Crippen LogP contribution in [0.5, 0.6) is 11.5 Å². The van der Waals surface area contributed by atoms with Crippen molar-refractivity contribution in [1.82, 2.24) is 4.98 Å². The topological polar surface area (TPSA) is 82.0 Å². The molecule has 0 bridgehead atoms. The van der Waals surface area contributed by atoms with Crippen molar-refractivity contribution < 1.29 is 19.0 Å². The predicted octanol–water partition coefficient (Wildman–Crippen LogP) is 4.00. The maximum absolute atomic E-state index is 11.7. The minimum Gasteiger partial charge on any atom is -0.493 e. The van der Waals surface area contributed by atoms with Gasteiger partial charge in [0.1, 0.15) is 4.88 Å². The maximum Gasteiger partial charge on any atom is 0.350 e. The SMILES string of the molecule is CCOc1c(Cl)cc(/C=N\Nc2nc(CC)c(C(=O)OC)s2)cc1OC. The number of methoxy groups -OCH3 is 2. The van der Waals surface area contributed by atoms with Crippen LogP contribution in [0.3, 0.4) is 0 Å². The molecule has 1 N–H and O–H groups in total. The summed E-state index contributed by atoms with van der Waals surface area (Å²) in [7, 11) is 2.89. The van der Waals surface area contributed by atoms with E-state index in [4.69, 9.17) is 25.8 Å². The summed E-state index contributed by atoms with van der Waals surface area (Å²) in [6.45, 7) is 4.27. The maximum atomic E-state index is 11.7. The monoisotopic (exact) mass is 397 g/mol. The number of thiazole rings is 1. The van der Waals surface area contributed by atoms with Crippen molar-refractivity contribution in [3.05, 3.63) is 33.3 Å². The van der Waals surface area contributed by atoms with Gasteiger partial charge in [0.2, 0.25) is 5.13 Å². The van der Waals surface area contributed by atoms with Gasteiger partial charge in [-0.1, -0.05) is 29.9 Å². The van der Waals surface area contributed by atoms with Crippen molar-refractivity contribution in [2.24, 2.45) is 5.10 Å². The first-order valence-electron chi connectivity index (χ1n) is 7.91. The van der Waals surface area contributed by atoms with E-state index in [1.54, 1.807) is 25.5 Å². The number of hydrazone groups is 1. The summed E-state index contributed by atoms with van der Waals surface area (Å²) in [6, 6.07) is 3.49. The van der Waals surface area contributed by atoms with Crippen LogP contribution in [0.15, 0.2) is 17.2 Å². The van der Waals surface area contributed by atoms with E-state index in [2.05, 4.69) is 15.5 Å². The number of aromatic nitrogens is 1. The lowest BCUT2D eigenvalue weighted by molar-refractivity contribution is 0.0605. The van der Waals surface area contributed by atoms with Gasteiger partial charge in [-0.3, -0.25) is 5.43 Å². The summed E-state index contributed by atoms with van der Waals surface area (Å²) >= 11 is 7.42. The Morgan fingerprint density at radius 1 is 1.38 bits per heavy atom. The molecule has 1 aromatic heterocycles. The number of hydrogen-bond donors (Lipinski definition) is 1. The van der Waals surface area contributed by atoms with Crippen molar-refractivity contribution >= 4 is 40.3 Å². The number of nitrogens with one attached hydrogen (secondary N) is 1. The molecule has 0 spiro atoms. The standard InChI is InChI=1S/C17H20ClN3O4S/c1-5-12-15(16(22)24-4)26-17(20-12)21-19-9-10-7-11(18)14(25-6-2)13(8-10)23-3/h7-9H,5-6H2,1-4H3,(H,20,21)/b19-9-. The molecule has 0 aliphatic rings. The van der Waals surface area contributed by atoms with Gasteiger partial charge in [-0.25, -0.2) is 9.78 Å². The molecule has 0 radical (unpaired) electrons. The molecule has 0 saturated heterocycles. The van der Waals surface area contributed by atoms with Crippen LogP contribution in [0.1, 0.15) is 34.8 Å². The molecule has 0 aliphatic heterocycles. The molecule has 26 heavy (non-hydrogen) atoms. The van der Waals surface area contributed by atoms with E-state index < -0.39 is 5.97 Å². The quantitative estimate of drug-likeness (QED) is 0.412. The van der Waals surface area contributed by atoms with E-state index in [1.807, 2.05) is 13.8 Å². The first-order chi connectivity index (χ1) is 12.5. The van der Waals surface area contributed by atoms with E-state index in [-0.39, 0.29) is 0 Å². The Balaban J connectivity index is 2.17. The third-order valence-electron chi connectivity index (χ3n) is 3.32. The number of esters is 1. The van der Waals surface area contributed by atoms with Crippen LogP contribution in [0, 0.1) is 0 Å². The lowest BCUT2D eigenvalue weighted by Gasteiger charge is -2.11. The van der Waals surface area contributed by atoms with Crippen molar-refractivity contribution in [2.45, 2.75) is 20.3 Å². The molecular formula is C17H20ClN3O4S.